The van der Waals surface area contributed by atoms with Gasteiger partial charge in [-0.2, -0.15) is 0 Å². The zero-order chi connectivity index (χ0) is 15.4. The number of anilines is 1. The second-order valence-electron chi connectivity index (χ2n) is 4.75. The van der Waals surface area contributed by atoms with E-state index >= 15 is 0 Å². The van der Waals surface area contributed by atoms with Gasteiger partial charge in [-0.05, 0) is 41.1 Å². The van der Waals surface area contributed by atoms with Crippen LogP contribution in [0.3, 0.4) is 0 Å². The van der Waals surface area contributed by atoms with Crippen LogP contribution in [0.25, 0.3) is 0 Å². The van der Waals surface area contributed by atoms with Crippen molar-refractivity contribution in [2.45, 2.75) is 23.8 Å². The van der Waals surface area contributed by atoms with Crippen LogP contribution in [0.1, 0.15) is 13.3 Å². The van der Waals surface area contributed by atoms with Crippen molar-refractivity contribution in [1.29, 1.82) is 0 Å². The second kappa shape index (κ2) is 6.86. The van der Waals surface area contributed by atoms with Gasteiger partial charge >= 0.3 is 0 Å². The van der Waals surface area contributed by atoms with Crippen LogP contribution >= 0.6 is 15.9 Å². The van der Waals surface area contributed by atoms with Crippen LogP contribution in [0, 0.1) is 0 Å². The highest BCUT2D eigenvalue weighted by Crippen LogP contribution is 2.23. The number of sulfonamides is 1. The Labute approximate surface area is 127 Å². The molecule has 4 N–H and O–H groups in total. The average Bonchev–Trinajstić information content (AvgIpc) is 2.37. The van der Waals surface area contributed by atoms with Crippen molar-refractivity contribution in [2.24, 2.45) is 0 Å². The Balaban J connectivity index is 2.77. The summed E-state index contributed by atoms with van der Waals surface area (Å²) in [6.07, 6.45) is 0.331. The fourth-order valence-electron chi connectivity index (χ4n) is 1.42. The predicted octanol–water partition coefficient (Wildman–Crippen LogP) is 1.10. The molecule has 8 heteroatoms. The molecule has 1 rings (SSSR count). The molecular weight excluding hydrogens is 348 g/mol. The number of ether oxygens (including phenoxy) is 1. The van der Waals surface area contributed by atoms with Gasteiger partial charge in [-0.15, -0.1) is 0 Å². The summed E-state index contributed by atoms with van der Waals surface area (Å²) >= 11 is 3.18. The van der Waals surface area contributed by atoms with E-state index in [0.717, 1.165) is 0 Å². The number of nitrogen functional groups attached to an aromatic ring is 1. The fraction of sp³-hybridized carbons (Fsp3) is 0.500. The summed E-state index contributed by atoms with van der Waals surface area (Å²) in [6.45, 7) is 1.80. The minimum Gasteiger partial charge on any atom is -0.398 e. The maximum Gasteiger partial charge on any atom is 0.240 e. The van der Waals surface area contributed by atoms with Crippen molar-refractivity contribution in [1.82, 2.24) is 4.72 Å². The van der Waals surface area contributed by atoms with E-state index in [-0.39, 0.29) is 11.4 Å². The first-order valence-corrected chi connectivity index (χ1v) is 8.21. The first-order valence-electron chi connectivity index (χ1n) is 5.94. The lowest BCUT2D eigenvalue weighted by Crippen LogP contribution is -2.41. The van der Waals surface area contributed by atoms with Gasteiger partial charge in [-0.3, -0.25) is 0 Å². The fourth-order valence-corrected chi connectivity index (χ4v) is 3.14. The molecule has 1 aromatic carbocycles. The first kappa shape index (κ1) is 17.4. The molecule has 0 aliphatic carbocycles. The summed E-state index contributed by atoms with van der Waals surface area (Å²) in [7, 11) is -2.17. The summed E-state index contributed by atoms with van der Waals surface area (Å²) in [5.41, 5.74) is 4.90. The minimum atomic E-state index is -3.69. The van der Waals surface area contributed by atoms with E-state index in [1.807, 2.05) is 0 Å². The molecule has 0 amide bonds. The van der Waals surface area contributed by atoms with Crippen molar-refractivity contribution < 1.29 is 18.3 Å². The van der Waals surface area contributed by atoms with Gasteiger partial charge in [0.1, 0.15) is 0 Å². The number of methoxy groups -OCH3 is 1. The average molecular weight is 367 g/mol. The third kappa shape index (κ3) is 5.02. The molecule has 0 heterocycles. The smallest absolute Gasteiger partial charge is 0.240 e. The van der Waals surface area contributed by atoms with Crippen LogP contribution in [0.5, 0.6) is 0 Å². The maximum atomic E-state index is 12.1. The van der Waals surface area contributed by atoms with E-state index in [4.69, 9.17) is 10.5 Å². The van der Waals surface area contributed by atoms with Gasteiger partial charge in [0.15, 0.2) is 0 Å². The van der Waals surface area contributed by atoms with Gasteiger partial charge in [0, 0.05) is 36.8 Å². The molecule has 0 aliphatic rings. The normalized spacial score (nSPS) is 15.0. The molecular formula is C12H19BrN2O4S. The number of halogens is 1. The molecule has 1 aromatic rings. The molecule has 1 atom stereocenters. The summed E-state index contributed by atoms with van der Waals surface area (Å²) in [6, 6.07) is 4.33. The Kier molecular flexibility index (Phi) is 5.96. The molecule has 1 unspecified atom stereocenters. The van der Waals surface area contributed by atoms with Gasteiger partial charge in [-0.1, -0.05) is 0 Å². The summed E-state index contributed by atoms with van der Waals surface area (Å²) < 4.78 is 32.0. The van der Waals surface area contributed by atoms with Crippen LogP contribution in [0.15, 0.2) is 27.6 Å². The Morgan fingerprint density at radius 1 is 1.50 bits per heavy atom. The standard InChI is InChI=1S/C12H19BrN2O4S/c1-12(16,5-6-19-2)8-15-20(17,18)9-3-4-11(14)10(13)7-9/h3-4,7,15-16H,5-6,8,14H2,1-2H3. The van der Waals surface area contributed by atoms with Crippen molar-refractivity contribution in [3.05, 3.63) is 22.7 Å². The number of hydrogen-bond acceptors (Lipinski definition) is 5. The van der Waals surface area contributed by atoms with Crippen molar-refractivity contribution >= 4 is 31.6 Å². The molecule has 0 bridgehead atoms. The largest absolute Gasteiger partial charge is 0.398 e. The Bertz CT molecular complexity index is 561. The van der Waals surface area contributed by atoms with Gasteiger partial charge in [0.05, 0.1) is 10.5 Å². The Morgan fingerprint density at radius 3 is 2.70 bits per heavy atom. The van der Waals surface area contributed by atoms with Crippen LogP contribution < -0.4 is 10.5 Å². The molecule has 0 saturated heterocycles. The molecule has 0 aliphatic heterocycles. The molecule has 0 saturated carbocycles. The molecule has 20 heavy (non-hydrogen) atoms. The molecule has 0 aromatic heterocycles. The van der Waals surface area contributed by atoms with Crippen molar-refractivity contribution in [3.63, 3.8) is 0 Å². The number of nitrogens with one attached hydrogen (secondary N) is 1. The first-order chi connectivity index (χ1) is 9.18. The minimum absolute atomic E-state index is 0.0844. The molecule has 0 spiro atoms. The maximum absolute atomic E-state index is 12.1. The van der Waals surface area contributed by atoms with Gasteiger partial charge in [-0.25, -0.2) is 13.1 Å². The van der Waals surface area contributed by atoms with E-state index in [1.165, 1.54) is 25.3 Å². The van der Waals surface area contributed by atoms with Crippen LogP contribution in [0.4, 0.5) is 5.69 Å². The highest BCUT2D eigenvalue weighted by atomic mass is 79.9. The van der Waals surface area contributed by atoms with E-state index in [1.54, 1.807) is 6.92 Å². The third-order valence-electron chi connectivity index (χ3n) is 2.77. The van der Waals surface area contributed by atoms with Crippen molar-refractivity contribution in [2.75, 3.05) is 26.0 Å². The number of benzene rings is 1. The number of nitrogens with two attached hydrogens (primary N) is 1. The number of rotatable bonds is 7. The molecule has 6 nitrogen and oxygen atoms in total. The molecule has 114 valence electrons. The van der Waals surface area contributed by atoms with Gasteiger partial charge < -0.3 is 15.6 Å². The predicted molar refractivity (Wildman–Crippen MR) is 80.9 cm³/mol. The summed E-state index contributed by atoms with van der Waals surface area (Å²) in [5, 5.41) is 10.0. The zero-order valence-corrected chi connectivity index (χ0v) is 13.8. The summed E-state index contributed by atoms with van der Waals surface area (Å²) in [5.74, 6) is 0. The number of aliphatic hydroxyl groups is 1. The highest BCUT2D eigenvalue weighted by molar-refractivity contribution is 9.10. The van der Waals surface area contributed by atoms with Crippen LogP contribution in [-0.2, 0) is 14.8 Å². The van der Waals surface area contributed by atoms with E-state index < -0.39 is 15.6 Å². The van der Waals surface area contributed by atoms with E-state index in [0.29, 0.717) is 23.2 Å². The molecule has 0 fully saturated rings. The summed E-state index contributed by atoms with van der Waals surface area (Å²) in [4.78, 5) is 0.0844. The second-order valence-corrected chi connectivity index (χ2v) is 7.37. The Hall–Kier alpha value is -0.670. The number of hydrogen-bond donors (Lipinski definition) is 3. The topological polar surface area (TPSA) is 102 Å². The lowest BCUT2D eigenvalue weighted by atomic mass is 10.0. The SMILES string of the molecule is COCCC(C)(O)CNS(=O)(=O)c1ccc(N)c(Br)c1. The lowest BCUT2D eigenvalue weighted by molar-refractivity contribution is 0.0292. The highest BCUT2D eigenvalue weighted by Gasteiger charge is 2.24. The van der Waals surface area contributed by atoms with Crippen LogP contribution in [-0.4, -0.2) is 39.4 Å². The van der Waals surface area contributed by atoms with Crippen LogP contribution in [0.2, 0.25) is 0 Å². The monoisotopic (exact) mass is 366 g/mol. The Morgan fingerprint density at radius 2 is 2.15 bits per heavy atom. The van der Waals surface area contributed by atoms with E-state index in [2.05, 4.69) is 20.7 Å². The lowest BCUT2D eigenvalue weighted by Gasteiger charge is -2.23. The van der Waals surface area contributed by atoms with Gasteiger partial charge in [0.25, 0.3) is 0 Å². The van der Waals surface area contributed by atoms with Gasteiger partial charge in [0.2, 0.25) is 10.0 Å². The quantitative estimate of drug-likeness (QED) is 0.627. The third-order valence-corrected chi connectivity index (χ3v) is 4.86. The van der Waals surface area contributed by atoms with E-state index in [9.17, 15) is 13.5 Å². The van der Waals surface area contributed by atoms with Crippen molar-refractivity contribution in [3.8, 4) is 0 Å². The molecule has 0 radical (unpaired) electrons. The zero-order valence-electron chi connectivity index (χ0n) is 11.4.